The van der Waals surface area contributed by atoms with Gasteiger partial charge in [0.2, 0.25) is 0 Å². The maximum Gasteiger partial charge on any atom is 0.268 e. The lowest BCUT2D eigenvalue weighted by molar-refractivity contribution is 0.0932. The first-order valence-electron chi connectivity index (χ1n) is 9.24. The summed E-state index contributed by atoms with van der Waals surface area (Å²) in [6.45, 7) is 13.6. The fraction of sp³-hybridized carbons (Fsp3) is 0.684. The van der Waals surface area contributed by atoms with Crippen molar-refractivity contribution in [3.63, 3.8) is 0 Å². The number of ketones is 1. The second-order valence-electron chi connectivity index (χ2n) is 7.31. The van der Waals surface area contributed by atoms with E-state index in [1.807, 2.05) is 13.8 Å². The summed E-state index contributed by atoms with van der Waals surface area (Å²) in [4.78, 5) is 32.3. The van der Waals surface area contributed by atoms with Crippen LogP contribution >= 0.6 is 0 Å². The third-order valence-corrected chi connectivity index (χ3v) is 5.00. The molecule has 1 aromatic rings. The van der Waals surface area contributed by atoms with Crippen LogP contribution in [0, 0.1) is 12.8 Å². The number of aromatic amines is 1. The molecule has 1 unspecified atom stereocenters. The van der Waals surface area contributed by atoms with Gasteiger partial charge in [0.1, 0.15) is 5.69 Å². The van der Waals surface area contributed by atoms with Crippen molar-refractivity contribution in [1.82, 2.24) is 20.1 Å². The Morgan fingerprint density at radius 1 is 1.24 bits per heavy atom. The minimum atomic E-state index is -0.113. The number of aromatic nitrogens is 1. The van der Waals surface area contributed by atoms with E-state index in [1.54, 1.807) is 6.92 Å². The Balaban J connectivity index is 1.92. The largest absolute Gasteiger partial charge is 0.354 e. The van der Waals surface area contributed by atoms with Crippen molar-refractivity contribution in [1.29, 1.82) is 0 Å². The maximum absolute atomic E-state index is 12.6. The van der Waals surface area contributed by atoms with Crippen molar-refractivity contribution in [3.05, 3.63) is 22.5 Å². The molecular formula is C19H32N4O2. The number of hydrogen-bond acceptors (Lipinski definition) is 4. The number of amides is 1. The number of piperazine rings is 1. The summed E-state index contributed by atoms with van der Waals surface area (Å²) in [6, 6.07) is 0. The van der Waals surface area contributed by atoms with Crippen LogP contribution in [0.2, 0.25) is 0 Å². The highest BCUT2D eigenvalue weighted by Gasteiger charge is 2.22. The molecular weight excluding hydrogens is 316 g/mol. The number of hydrogen-bond donors (Lipinski definition) is 2. The SMILES string of the molecule is CCc1c(C(=O)NCC(C)CN2CCN(C)CC2)[nH]c(C)c1C(C)=O. The normalized spacial score (nSPS) is 17.5. The zero-order valence-corrected chi connectivity index (χ0v) is 16.2. The maximum atomic E-state index is 12.6. The molecule has 1 fully saturated rings. The Kier molecular flexibility index (Phi) is 6.79. The Morgan fingerprint density at radius 3 is 2.44 bits per heavy atom. The van der Waals surface area contributed by atoms with E-state index in [4.69, 9.17) is 0 Å². The molecule has 140 valence electrons. The van der Waals surface area contributed by atoms with E-state index in [0.717, 1.165) is 44.0 Å². The van der Waals surface area contributed by atoms with E-state index >= 15 is 0 Å². The molecule has 0 radical (unpaired) electrons. The molecule has 0 bridgehead atoms. The van der Waals surface area contributed by atoms with Crippen molar-refractivity contribution in [2.24, 2.45) is 5.92 Å². The van der Waals surface area contributed by atoms with Crippen molar-refractivity contribution in [2.45, 2.75) is 34.1 Å². The standard InChI is InChI=1S/C19H32N4O2/c1-6-16-17(15(4)24)14(3)21-18(16)19(25)20-11-13(2)12-23-9-7-22(5)8-10-23/h13,21H,6-12H2,1-5H3,(H,20,25). The lowest BCUT2D eigenvalue weighted by Gasteiger charge is -2.33. The first-order chi connectivity index (χ1) is 11.8. The average molecular weight is 348 g/mol. The number of likely N-dealkylation sites (N-methyl/N-ethyl adjacent to an activating group) is 1. The van der Waals surface area contributed by atoms with Crippen LogP contribution in [0.4, 0.5) is 0 Å². The number of aryl methyl sites for hydroxylation is 1. The average Bonchev–Trinajstić information content (AvgIpc) is 2.91. The van der Waals surface area contributed by atoms with Gasteiger partial charge in [0.15, 0.2) is 5.78 Å². The van der Waals surface area contributed by atoms with E-state index < -0.39 is 0 Å². The number of H-pyrrole nitrogens is 1. The van der Waals surface area contributed by atoms with Gasteiger partial charge in [0.25, 0.3) is 5.91 Å². The lowest BCUT2D eigenvalue weighted by Crippen LogP contribution is -2.47. The van der Waals surface area contributed by atoms with Gasteiger partial charge >= 0.3 is 0 Å². The monoisotopic (exact) mass is 348 g/mol. The molecule has 6 heteroatoms. The Bertz CT molecular complexity index is 615. The van der Waals surface area contributed by atoms with Gasteiger partial charge < -0.3 is 20.1 Å². The molecule has 1 aliphatic rings. The van der Waals surface area contributed by atoms with Crippen LogP contribution in [0.3, 0.4) is 0 Å². The van der Waals surface area contributed by atoms with E-state index in [-0.39, 0.29) is 11.7 Å². The molecule has 0 spiro atoms. The van der Waals surface area contributed by atoms with Gasteiger partial charge in [-0.1, -0.05) is 13.8 Å². The van der Waals surface area contributed by atoms with Gasteiger partial charge in [-0.2, -0.15) is 0 Å². The fourth-order valence-electron chi connectivity index (χ4n) is 3.59. The zero-order chi connectivity index (χ0) is 18.6. The molecule has 2 rings (SSSR count). The molecule has 1 aliphatic heterocycles. The van der Waals surface area contributed by atoms with Gasteiger partial charge in [0, 0.05) is 50.5 Å². The fourth-order valence-corrected chi connectivity index (χ4v) is 3.59. The Labute approximate surface area is 151 Å². The van der Waals surface area contributed by atoms with Crippen LogP contribution in [0.25, 0.3) is 0 Å². The summed E-state index contributed by atoms with van der Waals surface area (Å²) in [5.41, 5.74) is 2.81. The van der Waals surface area contributed by atoms with Gasteiger partial charge in [-0.25, -0.2) is 0 Å². The van der Waals surface area contributed by atoms with Gasteiger partial charge in [-0.3, -0.25) is 9.59 Å². The molecule has 1 saturated heterocycles. The zero-order valence-electron chi connectivity index (χ0n) is 16.2. The number of nitrogens with zero attached hydrogens (tertiary/aromatic N) is 2. The summed E-state index contributed by atoms with van der Waals surface area (Å²) in [6.07, 6.45) is 0.666. The van der Waals surface area contributed by atoms with Crippen molar-refractivity contribution in [2.75, 3.05) is 46.3 Å². The molecule has 1 aromatic heterocycles. The molecule has 0 saturated carbocycles. The van der Waals surface area contributed by atoms with Crippen LogP contribution < -0.4 is 5.32 Å². The topological polar surface area (TPSA) is 68.4 Å². The van der Waals surface area contributed by atoms with Crippen LogP contribution in [0.1, 0.15) is 52.9 Å². The molecule has 1 amide bonds. The van der Waals surface area contributed by atoms with Gasteiger partial charge in [-0.15, -0.1) is 0 Å². The van der Waals surface area contributed by atoms with E-state index in [0.29, 0.717) is 30.1 Å². The van der Waals surface area contributed by atoms with Gasteiger partial charge in [0.05, 0.1) is 0 Å². The predicted octanol–water partition coefficient (Wildman–Crippen LogP) is 1.70. The number of nitrogens with one attached hydrogen (secondary N) is 2. The first-order valence-corrected chi connectivity index (χ1v) is 9.24. The quantitative estimate of drug-likeness (QED) is 0.736. The van der Waals surface area contributed by atoms with Crippen molar-refractivity contribution >= 4 is 11.7 Å². The highest BCUT2D eigenvalue weighted by atomic mass is 16.2. The minimum Gasteiger partial charge on any atom is -0.354 e. The second kappa shape index (κ2) is 8.63. The predicted molar refractivity (Wildman–Crippen MR) is 100 cm³/mol. The number of Topliss-reactive ketones (excluding diaryl/α,β-unsaturated/α-hetero) is 1. The molecule has 0 aliphatic carbocycles. The Morgan fingerprint density at radius 2 is 1.88 bits per heavy atom. The molecule has 2 N–H and O–H groups in total. The number of rotatable bonds is 7. The van der Waals surface area contributed by atoms with Crippen molar-refractivity contribution < 1.29 is 9.59 Å². The summed E-state index contributed by atoms with van der Waals surface area (Å²) in [7, 11) is 2.15. The molecule has 25 heavy (non-hydrogen) atoms. The van der Waals surface area contributed by atoms with Crippen LogP contribution in [0.15, 0.2) is 0 Å². The summed E-state index contributed by atoms with van der Waals surface area (Å²) >= 11 is 0. The summed E-state index contributed by atoms with van der Waals surface area (Å²) in [5.74, 6) is 0.284. The summed E-state index contributed by atoms with van der Waals surface area (Å²) in [5, 5.41) is 3.03. The highest BCUT2D eigenvalue weighted by molar-refractivity contribution is 6.02. The summed E-state index contributed by atoms with van der Waals surface area (Å²) < 4.78 is 0. The van der Waals surface area contributed by atoms with Crippen LogP contribution in [-0.4, -0.2) is 72.8 Å². The molecule has 0 aromatic carbocycles. The van der Waals surface area contributed by atoms with Crippen LogP contribution in [-0.2, 0) is 6.42 Å². The third-order valence-electron chi connectivity index (χ3n) is 5.00. The Hall–Kier alpha value is -1.66. The van der Waals surface area contributed by atoms with E-state index in [2.05, 4.69) is 34.1 Å². The van der Waals surface area contributed by atoms with E-state index in [1.165, 1.54) is 0 Å². The van der Waals surface area contributed by atoms with Gasteiger partial charge in [-0.05, 0) is 38.8 Å². The second-order valence-corrected chi connectivity index (χ2v) is 7.31. The van der Waals surface area contributed by atoms with Crippen molar-refractivity contribution in [3.8, 4) is 0 Å². The molecule has 6 nitrogen and oxygen atoms in total. The molecule has 1 atom stereocenters. The number of carbonyl (C=O) groups excluding carboxylic acids is 2. The molecule has 2 heterocycles. The minimum absolute atomic E-state index is 0.00749. The van der Waals surface area contributed by atoms with E-state index in [9.17, 15) is 9.59 Å². The lowest BCUT2D eigenvalue weighted by atomic mass is 10.0. The third kappa shape index (κ3) is 4.92. The highest BCUT2D eigenvalue weighted by Crippen LogP contribution is 2.20. The number of carbonyl (C=O) groups is 2. The smallest absolute Gasteiger partial charge is 0.268 e. The van der Waals surface area contributed by atoms with Crippen LogP contribution in [0.5, 0.6) is 0 Å². The first kappa shape index (κ1) is 19.7.